The van der Waals surface area contributed by atoms with Gasteiger partial charge in [-0.3, -0.25) is 0 Å². The topological polar surface area (TPSA) is 32.3 Å². The Morgan fingerprint density at radius 1 is 1.21 bits per heavy atom. The van der Waals surface area contributed by atoms with Gasteiger partial charge in [-0.2, -0.15) is 0 Å². The van der Waals surface area contributed by atoms with Gasteiger partial charge in [-0.15, -0.1) is 0 Å². The van der Waals surface area contributed by atoms with Crippen molar-refractivity contribution in [1.29, 1.82) is 0 Å². The molecule has 1 saturated carbocycles. The second kappa shape index (κ2) is 7.06. The minimum atomic E-state index is -0.198. The summed E-state index contributed by atoms with van der Waals surface area (Å²) in [6.45, 7) is 4.96. The van der Waals surface area contributed by atoms with Crippen molar-refractivity contribution in [2.24, 2.45) is 5.92 Å². The van der Waals surface area contributed by atoms with Crippen molar-refractivity contribution < 1.29 is 5.11 Å². The summed E-state index contributed by atoms with van der Waals surface area (Å²) in [5, 5.41) is 13.5. The molecule has 2 heteroatoms. The lowest BCUT2D eigenvalue weighted by Crippen LogP contribution is -2.30. The van der Waals surface area contributed by atoms with Gasteiger partial charge in [-0.25, -0.2) is 0 Å². The van der Waals surface area contributed by atoms with Crippen LogP contribution in [0.1, 0.15) is 56.2 Å². The Labute approximate surface area is 117 Å². The first kappa shape index (κ1) is 14.5. The molecule has 0 radical (unpaired) electrons. The predicted octanol–water partition coefficient (Wildman–Crippen LogP) is 3.59. The lowest BCUT2D eigenvalue weighted by molar-refractivity contribution is 0.137. The Bertz CT molecular complexity index is 367. The third kappa shape index (κ3) is 4.63. The molecule has 2 N–H and O–H groups in total. The first-order chi connectivity index (χ1) is 9.15. The van der Waals surface area contributed by atoms with Crippen molar-refractivity contribution in [3.8, 4) is 0 Å². The molecule has 0 aliphatic heterocycles. The second-order valence-electron chi connectivity index (χ2n) is 6.08. The fourth-order valence-corrected chi connectivity index (χ4v) is 3.00. The third-order valence-electron chi connectivity index (χ3n) is 4.32. The Kier molecular flexibility index (Phi) is 5.41. The largest absolute Gasteiger partial charge is 0.392 e. The number of nitrogens with one attached hydrogen (secondary N) is 1. The number of aryl methyl sites for hydroxylation is 1. The molecule has 0 aromatic heterocycles. The first-order valence-electron chi connectivity index (χ1n) is 7.63. The van der Waals surface area contributed by atoms with Crippen LogP contribution in [0.3, 0.4) is 0 Å². The average Bonchev–Trinajstić information content (AvgIpc) is 2.89. The molecule has 1 unspecified atom stereocenters. The maximum absolute atomic E-state index is 10.1. The van der Waals surface area contributed by atoms with Crippen LogP contribution < -0.4 is 5.32 Å². The molecule has 0 spiro atoms. The van der Waals surface area contributed by atoms with E-state index in [4.69, 9.17) is 0 Å². The summed E-state index contributed by atoms with van der Waals surface area (Å²) in [7, 11) is 0. The molecular weight excluding hydrogens is 234 g/mol. The van der Waals surface area contributed by atoms with E-state index < -0.39 is 0 Å². The van der Waals surface area contributed by atoms with Gasteiger partial charge in [0.05, 0.1) is 6.10 Å². The monoisotopic (exact) mass is 261 g/mol. The molecule has 0 amide bonds. The number of hydrogen-bond donors (Lipinski definition) is 2. The van der Waals surface area contributed by atoms with Crippen molar-refractivity contribution in [1.82, 2.24) is 5.32 Å². The van der Waals surface area contributed by atoms with E-state index in [1.807, 2.05) is 0 Å². The van der Waals surface area contributed by atoms with Gasteiger partial charge in [0.1, 0.15) is 0 Å². The van der Waals surface area contributed by atoms with Gasteiger partial charge in [-0.1, -0.05) is 55.5 Å². The zero-order valence-corrected chi connectivity index (χ0v) is 12.2. The van der Waals surface area contributed by atoms with E-state index in [2.05, 4.69) is 43.4 Å². The molecule has 0 saturated heterocycles. The summed E-state index contributed by atoms with van der Waals surface area (Å²) in [5.41, 5.74) is 2.58. The highest BCUT2D eigenvalue weighted by molar-refractivity contribution is 5.23. The predicted molar refractivity (Wildman–Crippen MR) is 80.2 cm³/mol. The van der Waals surface area contributed by atoms with Gasteiger partial charge >= 0.3 is 0 Å². The lowest BCUT2D eigenvalue weighted by Gasteiger charge is -2.19. The summed E-state index contributed by atoms with van der Waals surface area (Å²) < 4.78 is 0. The van der Waals surface area contributed by atoms with E-state index in [0.29, 0.717) is 12.6 Å². The van der Waals surface area contributed by atoms with Crippen LogP contribution >= 0.6 is 0 Å². The van der Waals surface area contributed by atoms with E-state index >= 15 is 0 Å². The minimum absolute atomic E-state index is 0.198. The fraction of sp³-hybridized carbons (Fsp3) is 0.647. The maximum Gasteiger partial charge on any atom is 0.0667 e. The molecule has 1 aromatic rings. The smallest absolute Gasteiger partial charge is 0.0667 e. The van der Waals surface area contributed by atoms with Crippen molar-refractivity contribution in [3.05, 3.63) is 35.4 Å². The number of benzene rings is 1. The standard InChI is InChI=1S/C17H27NO/c1-13-7-9-16(10-8-13)14(2)18-12-17(19)11-15-5-3-4-6-15/h7-10,14-15,17-19H,3-6,11-12H2,1-2H3/t14-,17?/m1/s1. The summed E-state index contributed by atoms with van der Waals surface area (Å²) >= 11 is 0. The Hall–Kier alpha value is -0.860. The van der Waals surface area contributed by atoms with E-state index in [-0.39, 0.29) is 6.10 Å². The van der Waals surface area contributed by atoms with Crippen molar-refractivity contribution in [3.63, 3.8) is 0 Å². The van der Waals surface area contributed by atoms with E-state index in [1.54, 1.807) is 0 Å². The first-order valence-corrected chi connectivity index (χ1v) is 7.63. The zero-order chi connectivity index (χ0) is 13.7. The summed E-state index contributed by atoms with van der Waals surface area (Å²) in [4.78, 5) is 0. The highest BCUT2D eigenvalue weighted by Gasteiger charge is 2.19. The van der Waals surface area contributed by atoms with Crippen LogP contribution in [-0.4, -0.2) is 17.8 Å². The molecule has 0 bridgehead atoms. The lowest BCUT2D eigenvalue weighted by atomic mass is 9.99. The van der Waals surface area contributed by atoms with Crippen LogP contribution in [0.2, 0.25) is 0 Å². The number of aliphatic hydroxyl groups excluding tert-OH is 1. The molecule has 1 fully saturated rings. The maximum atomic E-state index is 10.1. The Morgan fingerprint density at radius 2 is 1.84 bits per heavy atom. The fourth-order valence-electron chi connectivity index (χ4n) is 3.00. The van der Waals surface area contributed by atoms with Crippen LogP contribution in [0, 0.1) is 12.8 Å². The van der Waals surface area contributed by atoms with Crippen molar-refractivity contribution in [2.45, 2.75) is 58.1 Å². The van der Waals surface area contributed by atoms with E-state index in [0.717, 1.165) is 12.3 Å². The molecule has 1 aromatic carbocycles. The van der Waals surface area contributed by atoms with Crippen LogP contribution in [0.4, 0.5) is 0 Å². The number of hydrogen-bond acceptors (Lipinski definition) is 2. The summed E-state index contributed by atoms with van der Waals surface area (Å²) in [6, 6.07) is 8.91. The van der Waals surface area contributed by atoms with E-state index in [1.165, 1.54) is 36.8 Å². The molecule has 2 nitrogen and oxygen atoms in total. The SMILES string of the molecule is Cc1ccc([C@@H](C)NCC(O)CC2CCCC2)cc1. The van der Waals surface area contributed by atoms with Crippen LogP contribution in [0.5, 0.6) is 0 Å². The zero-order valence-electron chi connectivity index (χ0n) is 12.2. The number of aliphatic hydroxyl groups is 1. The minimum Gasteiger partial charge on any atom is -0.392 e. The van der Waals surface area contributed by atoms with Gasteiger partial charge < -0.3 is 10.4 Å². The van der Waals surface area contributed by atoms with E-state index in [9.17, 15) is 5.11 Å². The van der Waals surface area contributed by atoms with Gasteiger partial charge in [0.2, 0.25) is 0 Å². The van der Waals surface area contributed by atoms with Crippen LogP contribution in [0.15, 0.2) is 24.3 Å². The highest BCUT2D eigenvalue weighted by atomic mass is 16.3. The molecule has 0 heterocycles. The van der Waals surface area contributed by atoms with Gasteiger partial charge in [0, 0.05) is 12.6 Å². The quantitative estimate of drug-likeness (QED) is 0.820. The summed E-state index contributed by atoms with van der Waals surface area (Å²) in [6.07, 6.45) is 6.09. The van der Waals surface area contributed by atoms with Gasteiger partial charge in [0.25, 0.3) is 0 Å². The number of rotatable bonds is 6. The second-order valence-corrected chi connectivity index (χ2v) is 6.08. The highest BCUT2D eigenvalue weighted by Crippen LogP contribution is 2.28. The van der Waals surface area contributed by atoms with Gasteiger partial charge in [0.15, 0.2) is 0 Å². The van der Waals surface area contributed by atoms with Crippen LogP contribution in [0.25, 0.3) is 0 Å². The molecule has 2 rings (SSSR count). The normalized spacial score (nSPS) is 19.5. The molecule has 19 heavy (non-hydrogen) atoms. The molecule has 2 atom stereocenters. The van der Waals surface area contributed by atoms with Crippen molar-refractivity contribution in [2.75, 3.05) is 6.54 Å². The molecule has 106 valence electrons. The Morgan fingerprint density at radius 3 is 2.47 bits per heavy atom. The van der Waals surface area contributed by atoms with Crippen molar-refractivity contribution >= 4 is 0 Å². The molecule has 1 aliphatic rings. The molecule has 1 aliphatic carbocycles. The van der Waals surface area contributed by atoms with Crippen LogP contribution in [-0.2, 0) is 0 Å². The molecular formula is C17H27NO. The van der Waals surface area contributed by atoms with Gasteiger partial charge in [-0.05, 0) is 31.7 Å². The average molecular weight is 261 g/mol. The summed E-state index contributed by atoms with van der Waals surface area (Å²) in [5.74, 6) is 0.756. The Balaban J connectivity index is 1.73. The third-order valence-corrected chi connectivity index (χ3v) is 4.32.